The fourth-order valence-corrected chi connectivity index (χ4v) is 5.67. The Labute approximate surface area is 203 Å². The van der Waals surface area contributed by atoms with Gasteiger partial charge in [-0.1, -0.05) is 95.5 Å². The lowest BCUT2D eigenvalue weighted by atomic mass is 9.84. The van der Waals surface area contributed by atoms with Crippen LogP contribution in [0.25, 0.3) is 10.8 Å². The molecular weight excluding hydrogens is 402 g/mol. The molecule has 0 aliphatic heterocycles. The van der Waals surface area contributed by atoms with Gasteiger partial charge in [-0.3, -0.25) is 0 Å². The fraction of sp³-hybridized carbons (Fsp3) is 0.677. The topological polar surface area (TPSA) is 23.5 Å². The van der Waals surface area contributed by atoms with Gasteiger partial charge in [0.2, 0.25) is 0 Å². The Balaban J connectivity index is 1.62. The first-order chi connectivity index (χ1) is 16.2. The van der Waals surface area contributed by atoms with Crippen LogP contribution < -0.4 is 0 Å². The number of hydrogen-bond donors (Lipinski definition) is 1. The molecular formula is C31H49NO. The molecule has 0 fully saturated rings. The van der Waals surface area contributed by atoms with Gasteiger partial charge in [-0.15, -0.1) is 0 Å². The zero-order valence-electron chi connectivity index (χ0n) is 21.6. The summed E-state index contributed by atoms with van der Waals surface area (Å²) in [5.41, 5.74) is 4.45. The van der Waals surface area contributed by atoms with Crippen molar-refractivity contribution >= 4 is 10.8 Å². The summed E-state index contributed by atoms with van der Waals surface area (Å²) >= 11 is 0. The highest BCUT2D eigenvalue weighted by Crippen LogP contribution is 2.32. The van der Waals surface area contributed by atoms with Crippen LogP contribution in [0.1, 0.15) is 108 Å². The summed E-state index contributed by atoms with van der Waals surface area (Å²) in [6.45, 7) is 7.65. The van der Waals surface area contributed by atoms with Crippen LogP contribution in [0.3, 0.4) is 0 Å². The Kier molecular flexibility index (Phi) is 11.8. The summed E-state index contributed by atoms with van der Waals surface area (Å²) in [4.78, 5) is 2.56. The summed E-state index contributed by atoms with van der Waals surface area (Å²) in [5.74, 6) is 0. The average Bonchev–Trinajstić information content (AvgIpc) is 2.83. The highest BCUT2D eigenvalue weighted by molar-refractivity contribution is 5.90. The summed E-state index contributed by atoms with van der Waals surface area (Å²) in [6.07, 6.45) is 18.7. The van der Waals surface area contributed by atoms with E-state index in [4.69, 9.17) is 0 Å². The Morgan fingerprint density at radius 2 is 1.39 bits per heavy atom. The number of nitrogens with zero attached hydrogens (tertiary/aromatic N) is 1. The minimum atomic E-state index is -0.290. The van der Waals surface area contributed by atoms with E-state index in [9.17, 15) is 5.11 Å². The summed E-state index contributed by atoms with van der Waals surface area (Å²) in [5, 5.41) is 14.0. The van der Waals surface area contributed by atoms with Crippen LogP contribution in [0.15, 0.2) is 30.3 Å². The zero-order valence-corrected chi connectivity index (χ0v) is 21.6. The molecule has 0 heterocycles. The van der Waals surface area contributed by atoms with Gasteiger partial charge in [0.25, 0.3) is 0 Å². The molecule has 2 aromatic carbocycles. The van der Waals surface area contributed by atoms with E-state index in [0.717, 1.165) is 26.1 Å². The van der Waals surface area contributed by atoms with Crippen molar-refractivity contribution in [2.24, 2.45) is 0 Å². The molecule has 1 N–H and O–H groups in total. The van der Waals surface area contributed by atoms with Crippen LogP contribution in [0.4, 0.5) is 0 Å². The van der Waals surface area contributed by atoms with Crippen molar-refractivity contribution in [3.8, 4) is 0 Å². The smallest absolute Gasteiger partial charge is 0.0707 e. The van der Waals surface area contributed by atoms with Gasteiger partial charge in [-0.25, -0.2) is 0 Å². The molecule has 0 radical (unpaired) electrons. The molecule has 2 heteroatoms. The normalized spacial score (nSPS) is 14.7. The monoisotopic (exact) mass is 451 g/mol. The minimum Gasteiger partial charge on any atom is -0.391 e. The maximum absolute atomic E-state index is 11.2. The molecule has 33 heavy (non-hydrogen) atoms. The minimum absolute atomic E-state index is 0.290. The molecule has 0 saturated carbocycles. The van der Waals surface area contributed by atoms with Gasteiger partial charge in [-0.05, 0) is 79.1 Å². The SMILES string of the molecule is CCCCCCCN(CCCCCCC)C[C@@H](O)Cc1cc2c(c3ccccc13)CCCC2. The van der Waals surface area contributed by atoms with E-state index < -0.39 is 0 Å². The molecule has 0 unspecified atom stereocenters. The predicted octanol–water partition coefficient (Wildman–Crippen LogP) is 7.86. The molecule has 2 aromatic rings. The molecule has 0 saturated heterocycles. The third-order valence-electron chi connectivity index (χ3n) is 7.54. The van der Waals surface area contributed by atoms with Gasteiger partial charge in [0.15, 0.2) is 0 Å². The van der Waals surface area contributed by atoms with Gasteiger partial charge in [0.05, 0.1) is 6.10 Å². The van der Waals surface area contributed by atoms with Crippen LogP contribution in [0, 0.1) is 0 Å². The van der Waals surface area contributed by atoms with Crippen LogP contribution in [-0.4, -0.2) is 35.7 Å². The molecule has 1 aliphatic carbocycles. The lowest BCUT2D eigenvalue weighted by molar-refractivity contribution is 0.110. The lowest BCUT2D eigenvalue weighted by Crippen LogP contribution is -2.35. The summed E-state index contributed by atoms with van der Waals surface area (Å²) in [6, 6.07) is 11.3. The van der Waals surface area contributed by atoms with Crippen molar-refractivity contribution in [2.75, 3.05) is 19.6 Å². The summed E-state index contributed by atoms with van der Waals surface area (Å²) in [7, 11) is 0. The largest absolute Gasteiger partial charge is 0.391 e. The number of aliphatic hydroxyl groups is 1. The Hall–Kier alpha value is -1.38. The highest BCUT2D eigenvalue weighted by atomic mass is 16.3. The fourth-order valence-electron chi connectivity index (χ4n) is 5.67. The van der Waals surface area contributed by atoms with Crippen molar-refractivity contribution in [3.05, 3.63) is 47.0 Å². The van der Waals surface area contributed by atoms with Crippen molar-refractivity contribution in [3.63, 3.8) is 0 Å². The van der Waals surface area contributed by atoms with E-state index in [1.807, 2.05) is 0 Å². The van der Waals surface area contributed by atoms with E-state index in [0.29, 0.717) is 0 Å². The Bertz CT molecular complexity index is 800. The highest BCUT2D eigenvalue weighted by Gasteiger charge is 2.18. The number of hydrogen-bond acceptors (Lipinski definition) is 2. The van der Waals surface area contributed by atoms with Crippen LogP contribution in [0.5, 0.6) is 0 Å². The molecule has 0 amide bonds. The number of aliphatic hydroxyl groups excluding tert-OH is 1. The molecule has 1 atom stereocenters. The number of aryl methyl sites for hydroxylation is 2. The van der Waals surface area contributed by atoms with Crippen LogP contribution in [-0.2, 0) is 19.3 Å². The molecule has 0 spiro atoms. The maximum atomic E-state index is 11.2. The maximum Gasteiger partial charge on any atom is 0.0707 e. The Morgan fingerprint density at radius 3 is 2.06 bits per heavy atom. The Morgan fingerprint density at radius 1 is 0.788 bits per heavy atom. The lowest BCUT2D eigenvalue weighted by Gasteiger charge is -2.26. The van der Waals surface area contributed by atoms with Crippen molar-refractivity contribution < 1.29 is 5.11 Å². The quantitative estimate of drug-likeness (QED) is 0.262. The van der Waals surface area contributed by atoms with Gasteiger partial charge >= 0.3 is 0 Å². The number of benzene rings is 2. The molecule has 184 valence electrons. The third-order valence-corrected chi connectivity index (χ3v) is 7.54. The van der Waals surface area contributed by atoms with Crippen LogP contribution >= 0.6 is 0 Å². The number of fused-ring (bicyclic) bond motifs is 3. The van der Waals surface area contributed by atoms with E-state index >= 15 is 0 Å². The number of unbranched alkanes of at least 4 members (excludes halogenated alkanes) is 8. The first-order valence-corrected chi connectivity index (χ1v) is 14.2. The first kappa shape index (κ1) is 26.2. The molecule has 0 aromatic heterocycles. The summed E-state index contributed by atoms with van der Waals surface area (Å²) < 4.78 is 0. The van der Waals surface area contributed by atoms with E-state index in [2.05, 4.69) is 49.1 Å². The van der Waals surface area contributed by atoms with Gasteiger partial charge in [0.1, 0.15) is 0 Å². The molecule has 3 rings (SSSR count). The number of rotatable bonds is 16. The molecule has 1 aliphatic rings. The van der Waals surface area contributed by atoms with E-state index in [-0.39, 0.29) is 6.10 Å². The van der Waals surface area contributed by atoms with Crippen LogP contribution in [0.2, 0.25) is 0 Å². The van der Waals surface area contributed by atoms with Gasteiger partial charge in [-0.2, -0.15) is 0 Å². The first-order valence-electron chi connectivity index (χ1n) is 14.2. The van der Waals surface area contributed by atoms with Crippen molar-refractivity contribution in [1.82, 2.24) is 4.90 Å². The standard InChI is InChI=1S/C31H49NO/c1-3-5-7-9-15-21-32(22-16-10-8-6-4-2)25-28(33)24-27-23-26-17-11-12-18-29(26)31-20-14-13-19-30(27)31/h13-14,19-20,23,28,33H,3-12,15-18,21-22,24-25H2,1-2H3/t28-/m0/s1. The second-order valence-corrected chi connectivity index (χ2v) is 10.4. The molecule has 0 bridgehead atoms. The van der Waals surface area contributed by atoms with Gasteiger partial charge in [0, 0.05) is 13.0 Å². The van der Waals surface area contributed by atoms with E-state index in [1.165, 1.54) is 112 Å². The molecule has 2 nitrogen and oxygen atoms in total. The van der Waals surface area contributed by atoms with Crippen molar-refractivity contribution in [2.45, 2.75) is 116 Å². The predicted molar refractivity (Wildman–Crippen MR) is 144 cm³/mol. The zero-order chi connectivity index (χ0) is 23.3. The second-order valence-electron chi connectivity index (χ2n) is 10.4. The second kappa shape index (κ2) is 14.8. The third kappa shape index (κ3) is 8.41. The van der Waals surface area contributed by atoms with Crippen molar-refractivity contribution in [1.29, 1.82) is 0 Å². The average molecular weight is 452 g/mol. The van der Waals surface area contributed by atoms with Gasteiger partial charge < -0.3 is 10.0 Å². The van der Waals surface area contributed by atoms with E-state index in [1.54, 1.807) is 5.56 Å².